The molecule has 108 valence electrons. The van der Waals surface area contributed by atoms with Gasteiger partial charge in [0.15, 0.2) is 0 Å². The Morgan fingerprint density at radius 2 is 1.86 bits per heavy atom. The fourth-order valence-corrected chi connectivity index (χ4v) is 1.62. The van der Waals surface area contributed by atoms with E-state index in [1.165, 1.54) is 18.2 Å². The molecule has 0 bridgehead atoms. The largest absolute Gasteiger partial charge is 0.457 e. The van der Waals surface area contributed by atoms with Gasteiger partial charge >= 0.3 is 11.7 Å². The summed E-state index contributed by atoms with van der Waals surface area (Å²) >= 11 is 0. The number of carbonyl (C=O) groups excluding carboxylic acids is 1. The number of esters is 1. The molecule has 0 aromatic heterocycles. The molecule has 2 aromatic carbocycles. The first-order chi connectivity index (χ1) is 9.99. The number of hydrogen-bond acceptors (Lipinski definition) is 4. The van der Waals surface area contributed by atoms with Crippen LogP contribution in [0.3, 0.4) is 0 Å². The van der Waals surface area contributed by atoms with E-state index in [0.29, 0.717) is 0 Å². The Bertz CT molecular complexity index is 703. The van der Waals surface area contributed by atoms with Crippen LogP contribution in [-0.4, -0.2) is 10.9 Å². The molecule has 0 aliphatic heterocycles. The first-order valence-corrected chi connectivity index (χ1v) is 5.83. The van der Waals surface area contributed by atoms with Crippen molar-refractivity contribution in [1.29, 1.82) is 0 Å². The van der Waals surface area contributed by atoms with E-state index in [4.69, 9.17) is 4.74 Å². The summed E-state index contributed by atoms with van der Waals surface area (Å²) in [6.07, 6.45) is 0. The van der Waals surface area contributed by atoms with Crippen LogP contribution in [0.4, 0.5) is 14.5 Å². The van der Waals surface area contributed by atoms with Crippen LogP contribution < -0.4 is 0 Å². The number of halogens is 2. The van der Waals surface area contributed by atoms with Crippen molar-refractivity contribution in [3.05, 3.63) is 75.3 Å². The Morgan fingerprint density at radius 1 is 1.14 bits per heavy atom. The van der Waals surface area contributed by atoms with Gasteiger partial charge in [0.2, 0.25) is 5.82 Å². The number of nitro benzene ring substituents is 1. The van der Waals surface area contributed by atoms with Crippen molar-refractivity contribution in [3.8, 4) is 0 Å². The summed E-state index contributed by atoms with van der Waals surface area (Å²) in [5, 5.41) is 10.6. The summed E-state index contributed by atoms with van der Waals surface area (Å²) in [6.45, 7) is -0.323. The zero-order chi connectivity index (χ0) is 15.4. The topological polar surface area (TPSA) is 69.4 Å². The van der Waals surface area contributed by atoms with E-state index < -0.39 is 28.2 Å². The van der Waals surface area contributed by atoms with Crippen molar-refractivity contribution in [2.75, 3.05) is 0 Å². The van der Waals surface area contributed by atoms with Crippen molar-refractivity contribution in [3.63, 3.8) is 0 Å². The van der Waals surface area contributed by atoms with E-state index in [1.54, 1.807) is 6.07 Å². The number of nitro groups is 1. The Balaban J connectivity index is 2.12. The van der Waals surface area contributed by atoms with E-state index in [-0.39, 0.29) is 17.7 Å². The normalized spacial score (nSPS) is 10.2. The van der Waals surface area contributed by atoms with Gasteiger partial charge in [0, 0.05) is 11.6 Å². The minimum Gasteiger partial charge on any atom is -0.457 e. The molecule has 0 saturated carbocycles. The molecular weight excluding hydrogens is 284 g/mol. The lowest BCUT2D eigenvalue weighted by molar-refractivity contribution is -0.387. The summed E-state index contributed by atoms with van der Waals surface area (Å²) in [5.41, 5.74) is -0.836. The molecule has 0 spiro atoms. The van der Waals surface area contributed by atoms with E-state index in [1.807, 2.05) is 0 Å². The average molecular weight is 293 g/mol. The van der Waals surface area contributed by atoms with Gasteiger partial charge in [-0.25, -0.2) is 9.18 Å². The van der Waals surface area contributed by atoms with Gasteiger partial charge in [0.05, 0.1) is 10.5 Å². The van der Waals surface area contributed by atoms with Crippen LogP contribution in [0.2, 0.25) is 0 Å². The monoisotopic (exact) mass is 293 g/mol. The van der Waals surface area contributed by atoms with Gasteiger partial charge in [0.25, 0.3) is 0 Å². The van der Waals surface area contributed by atoms with Crippen molar-refractivity contribution in [1.82, 2.24) is 0 Å². The molecule has 0 heterocycles. The van der Waals surface area contributed by atoms with E-state index in [0.717, 1.165) is 18.2 Å². The van der Waals surface area contributed by atoms with Crippen molar-refractivity contribution >= 4 is 11.7 Å². The highest BCUT2D eigenvalue weighted by molar-refractivity contribution is 5.90. The number of ether oxygens (including phenoxy) is 1. The number of carbonyl (C=O) groups is 1. The quantitative estimate of drug-likeness (QED) is 0.493. The van der Waals surface area contributed by atoms with E-state index in [9.17, 15) is 23.7 Å². The van der Waals surface area contributed by atoms with Gasteiger partial charge in [0.1, 0.15) is 12.4 Å². The summed E-state index contributed by atoms with van der Waals surface area (Å²) in [4.78, 5) is 21.4. The fraction of sp³-hybridized carbons (Fsp3) is 0.0714. The molecule has 0 atom stereocenters. The van der Waals surface area contributed by atoms with Crippen LogP contribution >= 0.6 is 0 Å². The molecule has 0 fully saturated rings. The van der Waals surface area contributed by atoms with Crippen LogP contribution in [0.5, 0.6) is 0 Å². The zero-order valence-electron chi connectivity index (χ0n) is 10.6. The van der Waals surface area contributed by atoms with Gasteiger partial charge in [-0.15, -0.1) is 0 Å². The Kier molecular flexibility index (Phi) is 4.22. The molecule has 2 aromatic rings. The van der Waals surface area contributed by atoms with Gasteiger partial charge in [-0.2, -0.15) is 4.39 Å². The van der Waals surface area contributed by atoms with E-state index >= 15 is 0 Å². The maximum Gasteiger partial charge on any atom is 0.338 e. The lowest BCUT2D eigenvalue weighted by Crippen LogP contribution is -2.07. The summed E-state index contributed by atoms with van der Waals surface area (Å²) < 4.78 is 31.3. The molecule has 0 amide bonds. The Morgan fingerprint density at radius 3 is 2.52 bits per heavy atom. The molecule has 0 aliphatic rings. The number of rotatable bonds is 4. The first-order valence-electron chi connectivity index (χ1n) is 5.83. The second kappa shape index (κ2) is 6.08. The number of nitrogens with zero attached hydrogens (tertiary/aromatic N) is 1. The summed E-state index contributed by atoms with van der Waals surface area (Å²) in [5.74, 6) is -2.48. The molecule has 0 radical (unpaired) electrons. The lowest BCUT2D eigenvalue weighted by Gasteiger charge is -2.06. The van der Waals surface area contributed by atoms with Crippen LogP contribution in [-0.2, 0) is 11.3 Å². The van der Waals surface area contributed by atoms with Crippen LogP contribution in [0.1, 0.15) is 15.9 Å². The van der Waals surface area contributed by atoms with Crippen LogP contribution in [0.25, 0.3) is 0 Å². The number of benzene rings is 2. The minimum absolute atomic E-state index is 0.169. The maximum atomic E-state index is 13.3. The maximum absolute atomic E-state index is 13.3. The molecule has 0 unspecified atom stereocenters. The molecule has 7 heteroatoms. The predicted octanol–water partition coefficient (Wildman–Crippen LogP) is 3.23. The zero-order valence-corrected chi connectivity index (χ0v) is 10.6. The highest BCUT2D eigenvalue weighted by atomic mass is 19.1. The lowest BCUT2D eigenvalue weighted by atomic mass is 10.2. The standard InChI is InChI=1S/C14H9F2NO4/c15-11-4-2-1-3-10(11)8-21-14(18)9-5-6-12(16)13(7-9)17(19)20/h1-7H,8H2. The van der Waals surface area contributed by atoms with Gasteiger partial charge in [-0.1, -0.05) is 18.2 Å². The summed E-state index contributed by atoms with van der Waals surface area (Å²) in [7, 11) is 0. The van der Waals surface area contributed by atoms with Crippen LogP contribution in [0, 0.1) is 21.7 Å². The van der Waals surface area contributed by atoms with Gasteiger partial charge in [-0.3, -0.25) is 10.1 Å². The Hall–Kier alpha value is -2.83. The Labute approximate surface area is 117 Å². The highest BCUT2D eigenvalue weighted by Crippen LogP contribution is 2.19. The third-order valence-electron chi connectivity index (χ3n) is 2.70. The molecule has 0 aliphatic carbocycles. The van der Waals surface area contributed by atoms with Crippen molar-refractivity contribution in [2.24, 2.45) is 0 Å². The SMILES string of the molecule is O=C(OCc1ccccc1F)c1ccc(F)c([N+](=O)[O-])c1. The van der Waals surface area contributed by atoms with Gasteiger partial charge in [-0.05, 0) is 18.2 Å². The molecule has 21 heavy (non-hydrogen) atoms. The highest BCUT2D eigenvalue weighted by Gasteiger charge is 2.18. The molecule has 2 rings (SSSR count). The van der Waals surface area contributed by atoms with Crippen molar-refractivity contribution in [2.45, 2.75) is 6.61 Å². The smallest absolute Gasteiger partial charge is 0.338 e. The first kappa shape index (κ1) is 14.6. The molecule has 5 nitrogen and oxygen atoms in total. The second-order valence-corrected chi connectivity index (χ2v) is 4.09. The molecule has 0 N–H and O–H groups in total. The van der Waals surface area contributed by atoms with E-state index in [2.05, 4.69) is 0 Å². The van der Waals surface area contributed by atoms with Crippen LogP contribution in [0.15, 0.2) is 42.5 Å². The molecular formula is C14H9F2NO4. The van der Waals surface area contributed by atoms with Gasteiger partial charge < -0.3 is 4.74 Å². The third kappa shape index (κ3) is 3.38. The third-order valence-corrected chi connectivity index (χ3v) is 2.70. The second-order valence-electron chi connectivity index (χ2n) is 4.09. The predicted molar refractivity (Wildman–Crippen MR) is 68.6 cm³/mol. The molecule has 0 saturated heterocycles. The summed E-state index contributed by atoms with van der Waals surface area (Å²) in [6, 6.07) is 8.36. The fourth-order valence-electron chi connectivity index (χ4n) is 1.62. The number of hydrogen-bond donors (Lipinski definition) is 0. The average Bonchev–Trinajstić information content (AvgIpc) is 2.46. The minimum atomic E-state index is -1.05. The van der Waals surface area contributed by atoms with Crippen molar-refractivity contribution < 1.29 is 23.2 Å².